The van der Waals surface area contributed by atoms with Gasteiger partial charge in [-0.05, 0) is 30.5 Å². The second-order valence-electron chi connectivity index (χ2n) is 4.11. The standard InChI is InChI=1S/C12H13F2N3O2/c13-9-3-8(4-10(14)5-9)12-2-1-11(16-12)6-19-17-15-7-18/h3-5,7,12,17H,1-2,6H2,(H,15,18). The topological polar surface area (TPSA) is 62.7 Å². The van der Waals surface area contributed by atoms with E-state index >= 15 is 0 Å². The fourth-order valence-corrected chi connectivity index (χ4v) is 1.96. The van der Waals surface area contributed by atoms with Gasteiger partial charge in [0.1, 0.15) is 18.2 Å². The molecule has 0 aromatic heterocycles. The highest BCUT2D eigenvalue weighted by Gasteiger charge is 2.20. The summed E-state index contributed by atoms with van der Waals surface area (Å²) in [7, 11) is 0. The zero-order valence-corrected chi connectivity index (χ0v) is 10.0. The van der Waals surface area contributed by atoms with Crippen molar-refractivity contribution < 1.29 is 18.4 Å². The van der Waals surface area contributed by atoms with Gasteiger partial charge in [0.15, 0.2) is 0 Å². The third kappa shape index (κ3) is 3.80. The molecule has 0 fully saturated rings. The summed E-state index contributed by atoms with van der Waals surface area (Å²) >= 11 is 0. The molecule has 0 aliphatic carbocycles. The van der Waals surface area contributed by atoms with Gasteiger partial charge in [-0.25, -0.2) is 8.78 Å². The second kappa shape index (κ2) is 6.35. The largest absolute Gasteiger partial charge is 0.284 e. The van der Waals surface area contributed by atoms with E-state index in [0.29, 0.717) is 24.8 Å². The normalized spacial score (nSPS) is 18.2. The molecule has 1 aliphatic rings. The highest BCUT2D eigenvalue weighted by Crippen LogP contribution is 2.29. The molecule has 0 saturated carbocycles. The molecule has 1 heterocycles. The molecule has 1 atom stereocenters. The lowest BCUT2D eigenvalue weighted by Crippen LogP contribution is -2.32. The monoisotopic (exact) mass is 269 g/mol. The third-order valence-corrected chi connectivity index (χ3v) is 2.74. The Balaban J connectivity index is 1.95. The fraction of sp³-hybridized carbons (Fsp3) is 0.333. The number of nitrogens with zero attached hydrogens (tertiary/aromatic N) is 1. The molecule has 1 aromatic carbocycles. The minimum absolute atomic E-state index is 0.204. The summed E-state index contributed by atoms with van der Waals surface area (Å²) in [5, 5.41) is 0. The van der Waals surface area contributed by atoms with Crippen molar-refractivity contribution >= 4 is 12.1 Å². The average molecular weight is 269 g/mol. The SMILES string of the molecule is O=CNNOCC1=NC(c2cc(F)cc(F)c2)CC1. The first-order valence-corrected chi connectivity index (χ1v) is 5.76. The number of carbonyl (C=O) groups is 1. The first-order valence-electron chi connectivity index (χ1n) is 5.76. The molecule has 0 spiro atoms. The van der Waals surface area contributed by atoms with Crippen molar-refractivity contribution in [3.05, 3.63) is 35.4 Å². The lowest BCUT2D eigenvalue weighted by Gasteiger charge is -2.07. The van der Waals surface area contributed by atoms with Crippen LogP contribution in [0, 0.1) is 11.6 Å². The van der Waals surface area contributed by atoms with E-state index < -0.39 is 11.6 Å². The lowest BCUT2D eigenvalue weighted by atomic mass is 10.0. The Morgan fingerprint density at radius 2 is 2.11 bits per heavy atom. The molecular weight excluding hydrogens is 256 g/mol. The van der Waals surface area contributed by atoms with Crippen LogP contribution >= 0.6 is 0 Å². The summed E-state index contributed by atoms with van der Waals surface area (Å²) in [5.74, 6) is -1.21. The van der Waals surface area contributed by atoms with Gasteiger partial charge in [0.2, 0.25) is 6.41 Å². The smallest absolute Gasteiger partial charge is 0.223 e. The Hall–Kier alpha value is -1.86. The quantitative estimate of drug-likeness (QED) is 0.466. The van der Waals surface area contributed by atoms with E-state index in [4.69, 9.17) is 4.84 Å². The van der Waals surface area contributed by atoms with Gasteiger partial charge in [0.25, 0.3) is 0 Å². The Labute approximate surface area is 108 Å². The lowest BCUT2D eigenvalue weighted by molar-refractivity contribution is -0.114. The van der Waals surface area contributed by atoms with Crippen molar-refractivity contribution in [2.75, 3.05) is 6.61 Å². The predicted octanol–water partition coefficient (Wildman–Crippen LogP) is 1.42. The second-order valence-corrected chi connectivity index (χ2v) is 4.11. The van der Waals surface area contributed by atoms with Gasteiger partial charge in [0, 0.05) is 11.8 Å². The molecule has 0 radical (unpaired) electrons. The van der Waals surface area contributed by atoms with Gasteiger partial charge >= 0.3 is 0 Å². The molecule has 2 rings (SSSR count). The fourth-order valence-electron chi connectivity index (χ4n) is 1.96. The van der Waals surface area contributed by atoms with Crippen molar-refractivity contribution in [2.24, 2.45) is 4.99 Å². The van der Waals surface area contributed by atoms with Crippen LogP contribution in [-0.2, 0) is 9.63 Å². The minimum Gasteiger partial charge on any atom is -0.284 e. The number of amides is 1. The van der Waals surface area contributed by atoms with Crippen LogP contribution in [0.25, 0.3) is 0 Å². The number of hydrazine groups is 1. The Bertz CT molecular complexity index is 474. The van der Waals surface area contributed by atoms with Crippen LogP contribution in [-0.4, -0.2) is 18.7 Å². The molecule has 5 nitrogen and oxygen atoms in total. The van der Waals surface area contributed by atoms with E-state index in [1.165, 1.54) is 12.1 Å². The van der Waals surface area contributed by atoms with Gasteiger partial charge in [-0.2, -0.15) is 0 Å². The van der Waals surface area contributed by atoms with Gasteiger partial charge in [-0.15, -0.1) is 5.59 Å². The van der Waals surface area contributed by atoms with E-state index in [1.54, 1.807) is 0 Å². The maximum absolute atomic E-state index is 13.1. The maximum atomic E-state index is 13.1. The minimum atomic E-state index is -0.605. The van der Waals surface area contributed by atoms with Gasteiger partial charge < -0.3 is 0 Å². The number of halogens is 2. The number of nitrogens with one attached hydrogen (secondary N) is 2. The number of hydrogen-bond acceptors (Lipinski definition) is 4. The first kappa shape index (κ1) is 13.6. The highest BCUT2D eigenvalue weighted by atomic mass is 19.1. The van der Waals surface area contributed by atoms with Crippen molar-refractivity contribution in [1.82, 2.24) is 11.0 Å². The molecule has 2 N–H and O–H groups in total. The molecule has 1 aliphatic heterocycles. The summed E-state index contributed by atoms with van der Waals surface area (Å²) < 4.78 is 26.2. The molecule has 19 heavy (non-hydrogen) atoms. The van der Waals surface area contributed by atoms with Crippen LogP contribution in [0.1, 0.15) is 24.4 Å². The third-order valence-electron chi connectivity index (χ3n) is 2.74. The Morgan fingerprint density at radius 1 is 1.37 bits per heavy atom. The Kier molecular flexibility index (Phi) is 4.53. The van der Waals surface area contributed by atoms with Crippen molar-refractivity contribution in [1.29, 1.82) is 0 Å². The number of hydrogen-bond donors (Lipinski definition) is 2. The summed E-state index contributed by atoms with van der Waals surface area (Å²) in [5.41, 5.74) is 5.63. The van der Waals surface area contributed by atoms with Crippen LogP contribution in [0.2, 0.25) is 0 Å². The van der Waals surface area contributed by atoms with Gasteiger partial charge in [-0.1, -0.05) is 0 Å². The van der Waals surface area contributed by atoms with Crippen LogP contribution in [0.5, 0.6) is 0 Å². The first-order chi connectivity index (χ1) is 9.19. The summed E-state index contributed by atoms with van der Waals surface area (Å²) in [6.07, 6.45) is 1.81. The maximum Gasteiger partial charge on any atom is 0.223 e. The highest BCUT2D eigenvalue weighted by molar-refractivity contribution is 5.87. The van der Waals surface area contributed by atoms with Crippen LogP contribution in [0.3, 0.4) is 0 Å². The molecule has 7 heteroatoms. The number of aliphatic imine (C=N–C) groups is 1. The molecule has 1 unspecified atom stereocenters. The number of rotatable bonds is 6. The van der Waals surface area contributed by atoms with E-state index in [-0.39, 0.29) is 12.6 Å². The van der Waals surface area contributed by atoms with Gasteiger partial charge in [-0.3, -0.25) is 20.1 Å². The molecular formula is C12H13F2N3O2. The summed E-state index contributed by atoms with van der Waals surface area (Å²) in [6.45, 7) is 0.204. The molecule has 0 saturated heterocycles. The number of benzene rings is 1. The van der Waals surface area contributed by atoms with E-state index in [0.717, 1.165) is 11.8 Å². The zero-order valence-electron chi connectivity index (χ0n) is 10.0. The predicted molar refractivity (Wildman–Crippen MR) is 64.1 cm³/mol. The molecule has 1 amide bonds. The van der Waals surface area contributed by atoms with Crippen LogP contribution < -0.4 is 11.0 Å². The summed E-state index contributed by atoms with van der Waals surface area (Å²) in [4.78, 5) is 19.2. The van der Waals surface area contributed by atoms with Crippen LogP contribution in [0.15, 0.2) is 23.2 Å². The zero-order chi connectivity index (χ0) is 13.7. The van der Waals surface area contributed by atoms with Crippen molar-refractivity contribution in [2.45, 2.75) is 18.9 Å². The van der Waals surface area contributed by atoms with E-state index in [2.05, 4.69) is 16.0 Å². The molecule has 0 bridgehead atoms. The molecule has 1 aromatic rings. The van der Waals surface area contributed by atoms with Crippen LogP contribution in [0.4, 0.5) is 8.78 Å². The molecule has 102 valence electrons. The summed E-state index contributed by atoms with van der Waals surface area (Å²) in [6, 6.07) is 3.16. The van der Waals surface area contributed by atoms with Crippen molar-refractivity contribution in [3.8, 4) is 0 Å². The average Bonchev–Trinajstić information content (AvgIpc) is 2.82. The number of carbonyl (C=O) groups excluding carboxylic acids is 1. The Morgan fingerprint density at radius 3 is 2.79 bits per heavy atom. The van der Waals surface area contributed by atoms with Crippen molar-refractivity contribution in [3.63, 3.8) is 0 Å². The van der Waals surface area contributed by atoms with E-state index in [1.807, 2.05) is 0 Å². The van der Waals surface area contributed by atoms with Gasteiger partial charge in [0.05, 0.1) is 6.04 Å². The van der Waals surface area contributed by atoms with E-state index in [9.17, 15) is 13.6 Å².